The van der Waals surface area contributed by atoms with Gasteiger partial charge in [0.1, 0.15) is 0 Å². The van der Waals surface area contributed by atoms with Gasteiger partial charge in [0.2, 0.25) is 0 Å². The normalized spacial score (nSPS) is 17.8. The van der Waals surface area contributed by atoms with Crippen LogP contribution in [0, 0.1) is 0 Å². The van der Waals surface area contributed by atoms with E-state index in [1.165, 1.54) is 0 Å². The molecule has 0 aromatic rings. The number of hydrogen-bond acceptors (Lipinski definition) is 2. The van der Waals surface area contributed by atoms with Gasteiger partial charge < -0.3 is 0 Å². The first-order chi connectivity index (χ1) is 7.56. The molecule has 13 heteroatoms. The summed E-state index contributed by atoms with van der Waals surface area (Å²) in [5.41, 5.74) is 0. The summed E-state index contributed by atoms with van der Waals surface area (Å²) in [5, 5.41) is 0. The molecule has 2 nitrogen and oxygen atoms in total. The Kier molecular flexibility index (Phi) is 4.56. The highest BCUT2D eigenvalue weighted by molar-refractivity contribution is 14.1. The van der Waals surface area contributed by atoms with Crippen LogP contribution in [0.4, 0.5) is 43.9 Å². The van der Waals surface area contributed by atoms with Crippen molar-refractivity contribution in [3.8, 4) is 0 Å². The second-order valence-corrected chi connectivity index (χ2v) is 3.64. The Bertz CT molecular complexity index is 317. The number of alkyl halides is 10. The summed E-state index contributed by atoms with van der Waals surface area (Å²) in [6.07, 6.45) is -20.3. The van der Waals surface area contributed by atoms with E-state index in [4.69, 9.17) is 0 Å². The van der Waals surface area contributed by atoms with Crippen molar-refractivity contribution >= 4 is 26.4 Å². The van der Waals surface area contributed by atoms with Crippen molar-refractivity contribution in [1.82, 2.24) is 4.90 Å². The van der Waals surface area contributed by atoms with Crippen LogP contribution < -0.4 is 0 Å². The average Bonchev–Trinajstić information content (AvgIpc) is 1.94. The Morgan fingerprint density at radius 3 is 1.11 bits per heavy atom. The quantitative estimate of drug-likeness (QED) is 0.303. The summed E-state index contributed by atoms with van der Waals surface area (Å²) in [4.78, 5) is 6.87. The molecule has 0 bridgehead atoms. The highest BCUT2D eigenvalue weighted by atomic mass is 127. The molecule has 0 radical (unpaired) electrons. The van der Waals surface area contributed by atoms with Crippen molar-refractivity contribution in [2.24, 2.45) is 0 Å². The molecule has 0 aliphatic rings. The molecule has 1 unspecified atom stereocenters. The van der Waals surface area contributed by atoms with Gasteiger partial charge in [0.05, 0.1) is 0 Å². The SMILES string of the molecule is O=C(I)C(F)(N(C(F)(F)F)C(F)(F)F)C(F)(F)F. The lowest BCUT2D eigenvalue weighted by Crippen LogP contribution is -2.68. The van der Waals surface area contributed by atoms with Crippen LogP contribution in [-0.2, 0) is 4.79 Å². The van der Waals surface area contributed by atoms with Crippen LogP contribution in [0.2, 0.25) is 0 Å². The van der Waals surface area contributed by atoms with Crippen LogP contribution in [0.1, 0.15) is 0 Å². The predicted octanol–water partition coefficient (Wildman–Crippen LogP) is 3.52. The maximum Gasteiger partial charge on any atom is 0.470 e. The highest BCUT2D eigenvalue weighted by Crippen LogP contribution is 2.49. The highest BCUT2D eigenvalue weighted by Gasteiger charge is 2.77. The molecule has 0 spiro atoms. The van der Waals surface area contributed by atoms with Gasteiger partial charge in [0.15, 0.2) is 0 Å². The Labute approximate surface area is 105 Å². The third kappa shape index (κ3) is 3.16. The number of hydrogen-bond donors (Lipinski definition) is 0. The van der Waals surface area contributed by atoms with E-state index in [-0.39, 0.29) is 22.6 Å². The van der Waals surface area contributed by atoms with Crippen molar-refractivity contribution < 1.29 is 48.7 Å². The minimum atomic E-state index is -6.79. The van der Waals surface area contributed by atoms with Crippen LogP contribution >= 0.6 is 22.6 Å². The van der Waals surface area contributed by atoms with E-state index >= 15 is 0 Å². The average molecular weight is 407 g/mol. The first-order valence-electron chi connectivity index (χ1n) is 3.45. The zero-order chi connectivity index (χ0) is 15.2. The molecule has 0 saturated carbocycles. The molecule has 0 N–H and O–H groups in total. The minimum absolute atomic E-state index is 0.134. The summed E-state index contributed by atoms with van der Waals surface area (Å²) >= 11 is -0.134. The lowest BCUT2D eigenvalue weighted by Gasteiger charge is -2.37. The zero-order valence-corrected chi connectivity index (χ0v) is 9.67. The van der Waals surface area contributed by atoms with Crippen LogP contribution in [0.15, 0.2) is 0 Å². The van der Waals surface area contributed by atoms with Crippen molar-refractivity contribution in [3.05, 3.63) is 0 Å². The van der Waals surface area contributed by atoms with Gasteiger partial charge in [-0.25, -0.2) is 4.39 Å². The number of halogens is 11. The van der Waals surface area contributed by atoms with E-state index in [0.29, 0.717) is 0 Å². The molecule has 0 saturated heterocycles. The molecule has 0 aliphatic carbocycles. The molecule has 1 atom stereocenters. The molecule has 0 aromatic heterocycles. The molecular formula is C5F10INO. The Hall–Kier alpha value is -0.340. The summed E-state index contributed by atoms with van der Waals surface area (Å²) < 4.78 is 118. The second kappa shape index (κ2) is 4.64. The molecule has 18 heavy (non-hydrogen) atoms. The molecule has 0 heterocycles. The summed E-state index contributed by atoms with van der Waals surface area (Å²) in [6, 6.07) is 0. The monoisotopic (exact) mass is 407 g/mol. The van der Waals surface area contributed by atoms with Gasteiger partial charge in [-0.3, -0.25) is 4.79 Å². The van der Waals surface area contributed by atoms with Gasteiger partial charge >= 0.3 is 24.6 Å². The maximum atomic E-state index is 13.1. The van der Waals surface area contributed by atoms with Crippen LogP contribution in [0.3, 0.4) is 0 Å². The smallest absolute Gasteiger partial charge is 0.282 e. The zero-order valence-electron chi connectivity index (χ0n) is 7.51. The largest absolute Gasteiger partial charge is 0.470 e. The molecular weight excluding hydrogens is 407 g/mol. The van der Waals surface area contributed by atoms with Gasteiger partial charge in [-0.2, -0.15) is 39.5 Å². The van der Waals surface area contributed by atoms with E-state index in [0.717, 1.165) is 0 Å². The molecule has 0 fully saturated rings. The third-order valence-electron chi connectivity index (χ3n) is 1.45. The fourth-order valence-electron chi connectivity index (χ4n) is 0.819. The summed E-state index contributed by atoms with van der Waals surface area (Å²) in [5.74, 6) is -6.25. The van der Waals surface area contributed by atoms with E-state index in [1.807, 2.05) is 0 Å². The van der Waals surface area contributed by atoms with Crippen molar-refractivity contribution in [1.29, 1.82) is 0 Å². The number of carbonyl (C=O) groups is 1. The molecule has 0 aromatic carbocycles. The fraction of sp³-hybridized carbons (Fsp3) is 0.800. The van der Waals surface area contributed by atoms with Gasteiger partial charge in [-0.1, -0.05) is 4.90 Å². The number of nitrogens with zero attached hydrogens (tertiary/aromatic N) is 1. The maximum absolute atomic E-state index is 13.1. The molecule has 0 amide bonds. The van der Waals surface area contributed by atoms with Gasteiger partial charge in [0, 0.05) is 22.6 Å². The minimum Gasteiger partial charge on any atom is -0.282 e. The van der Waals surface area contributed by atoms with E-state index < -0.39 is 33.3 Å². The fourth-order valence-corrected chi connectivity index (χ4v) is 1.37. The third-order valence-corrected chi connectivity index (χ3v) is 2.17. The van der Waals surface area contributed by atoms with Gasteiger partial charge in [0.25, 0.3) is 3.79 Å². The lowest BCUT2D eigenvalue weighted by atomic mass is 10.2. The standard InChI is InChI=1S/C5F10INO/c6-2(1(16)18,3(7,8)9)17(4(10,11)12)5(13,14)15. The van der Waals surface area contributed by atoms with E-state index in [9.17, 15) is 48.7 Å². The second-order valence-electron chi connectivity index (χ2n) is 2.66. The first-order valence-corrected chi connectivity index (χ1v) is 4.53. The van der Waals surface area contributed by atoms with Crippen molar-refractivity contribution in [2.45, 2.75) is 24.6 Å². The predicted molar refractivity (Wildman–Crippen MR) is 42.9 cm³/mol. The molecule has 108 valence electrons. The lowest BCUT2D eigenvalue weighted by molar-refractivity contribution is -0.442. The van der Waals surface area contributed by atoms with Crippen molar-refractivity contribution in [2.75, 3.05) is 0 Å². The topological polar surface area (TPSA) is 20.3 Å². The Balaban J connectivity index is 6.09. The van der Waals surface area contributed by atoms with Gasteiger partial charge in [-0.15, -0.1) is 0 Å². The van der Waals surface area contributed by atoms with E-state index in [1.54, 1.807) is 0 Å². The van der Waals surface area contributed by atoms with E-state index in [2.05, 4.69) is 0 Å². The molecule has 0 aliphatic heterocycles. The van der Waals surface area contributed by atoms with Crippen LogP contribution in [0.5, 0.6) is 0 Å². The van der Waals surface area contributed by atoms with Crippen molar-refractivity contribution in [3.63, 3.8) is 0 Å². The Morgan fingerprint density at radius 2 is 1.06 bits per heavy atom. The van der Waals surface area contributed by atoms with Crippen LogP contribution in [-0.4, -0.2) is 33.3 Å². The Morgan fingerprint density at radius 1 is 0.778 bits per heavy atom. The summed E-state index contributed by atoms with van der Waals surface area (Å²) in [6.45, 7) is 0. The first kappa shape index (κ1) is 17.7. The van der Waals surface area contributed by atoms with Crippen LogP contribution in [0.25, 0.3) is 0 Å². The number of carbonyl (C=O) groups excluding carboxylic acids is 1. The molecule has 0 rings (SSSR count). The summed E-state index contributed by atoms with van der Waals surface area (Å²) in [7, 11) is 0. The van der Waals surface area contributed by atoms with Gasteiger partial charge in [-0.05, 0) is 0 Å². The number of rotatable bonds is 2.